The molecule has 0 aromatic rings. The summed E-state index contributed by atoms with van der Waals surface area (Å²) in [5, 5.41) is 13.9. The van der Waals surface area contributed by atoms with E-state index in [1.807, 2.05) is 0 Å². The standard InChI is InChI=1S/CH2O3.3Li.H3O4P/c2-1(3)4;;;;1-5(2,3)4/h(H2,2,3,4);;;;(H3,1,2,3,4)/q;3*+1;/p-3. The van der Waals surface area contributed by atoms with Crippen molar-refractivity contribution in [1.82, 2.24) is 0 Å². The van der Waals surface area contributed by atoms with Crippen LogP contribution in [0, 0.1) is 0 Å². The van der Waals surface area contributed by atoms with Crippen molar-refractivity contribution in [2.75, 3.05) is 0 Å². The van der Waals surface area contributed by atoms with Gasteiger partial charge >= 0.3 is 62.7 Å². The number of carboxylic acid groups (broad SMARTS) is 2. The van der Waals surface area contributed by atoms with E-state index in [2.05, 4.69) is 0 Å². The smallest absolute Gasteiger partial charge is 0.822 e. The molecule has 0 aliphatic carbocycles. The van der Waals surface area contributed by atoms with Gasteiger partial charge in [0.05, 0.1) is 0 Å². The van der Waals surface area contributed by atoms with Gasteiger partial charge in [0.2, 0.25) is 0 Å². The Morgan fingerprint density at radius 3 is 1.00 bits per heavy atom. The van der Waals surface area contributed by atoms with Gasteiger partial charge in [0.25, 0.3) is 0 Å². The summed E-state index contributed by atoms with van der Waals surface area (Å²) in [6.07, 6.45) is -1.83. The average molecular weight is 178 g/mol. The SMILES string of the molecule is O=C(O)O.O=P([O-])([O-])[O-].[Li+].[Li+].[Li+]. The normalized spacial score (nSPS) is 6.92. The van der Waals surface area contributed by atoms with E-state index < -0.39 is 14.0 Å². The molecule has 2 N–H and O–H groups in total. The first-order chi connectivity index (χ1) is 3.73. The van der Waals surface area contributed by atoms with Gasteiger partial charge in [-0.3, -0.25) is 0 Å². The minimum atomic E-state index is -5.39. The molecule has 0 atom stereocenters. The first kappa shape index (κ1) is 29.2. The zero-order valence-corrected chi connectivity index (χ0v) is 7.78. The van der Waals surface area contributed by atoms with Crippen molar-refractivity contribution < 1.29 is 90.8 Å². The van der Waals surface area contributed by atoms with Crippen molar-refractivity contribution in [2.24, 2.45) is 0 Å². The summed E-state index contributed by atoms with van der Waals surface area (Å²) < 4.78 is 8.55. The van der Waals surface area contributed by atoms with Crippen LogP contribution in [0.3, 0.4) is 0 Å². The van der Waals surface area contributed by atoms with Crippen LogP contribution in [-0.2, 0) is 4.57 Å². The zero-order valence-electron chi connectivity index (χ0n) is 6.88. The van der Waals surface area contributed by atoms with E-state index in [1.54, 1.807) is 0 Å². The first-order valence-electron chi connectivity index (χ1n) is 1.38. The molecule has 0 aliphatic rings. The molecule has 56 valence electrons. The summed E-state index contributed by atoms with van der Waals surface area (Å²) in [5.41, 5.74) is 0. The van der Waals surface area contributed by atoms with Crippen LogP contribution in [0.25, 0.3) is 0 Å². The van der Waals surface area contributed by atoms with Crippen LogP contribution in [0.4, 0.5) is 4.79 Å². The average Bonchev–Trinajstić information content (AvgIpc) is 1.19. The van der Waals surface area contributed by atoms with Crippen molar-refractivity contribution in [3.63, 3.8) is 0 Å². The van der Waals surface area contributed by atoms with Crippen molar-refractivity contribution in [3.05, 3.63) is 0 Å². The summed E-state index contributed by atoms with van der Waals surface area (Å²) in [5.74, 6) is 0. The van der Waals surface area contributed by atoms with E-state index in [4.69, 9.17) is 34.3 Å². The van der Waals surface area contributed by atoms with Gasteiger partial charge < -0.3 is 29.5 Å². The molecule has 7 nitrogen and oxygen atoms in total. The largest absolute Gasteiger partial charge is 1.00 e. The molecule has 0 amide bonds. The number of hydrogen-bond acceptors (Lipinski definition) is 5. The third-order valence-electron chi connectivity index (χ3n) is 0. The molecule has 0 aromatic carbocycles. The van der Waals surface area contributed by atoms with E-state index in [-0.39, 0.29) is 56.6 Å². The van der Waals surface area contributed by atoms with Crippen LogP contribution in [0.15, 0.2) is 0 Å². The Bertz CT molecular complexity index is 118. The van der Waals surface area contributed by atoms with Crippen LogP contribution in [0.5, 0.6) is 0 Å². The molecule has 0 rings (SSSR count). The maximum atomic E-state index is 8.56. The minimum Gasteiger partial charge on any atom is -0.822 e. The maximum Gasteiger partial charge on any atom is 1.00 e. The number of carbonyl (C=O) groups is 1. The monoisotopic (exact) mass is 178 g/mol. The molecule has 0 unspecified atom stereocenters. The van der Waals surface area contributed by atoms with Crippen molar-refractivity contribution in [1.29, 1.82) is 0 Å². The van der Waals surface area contributed by atoms with Crippen LogP contribution in [0.1, 0.15) is 0 Å². The molecule has 0 saturated carbocycles. The summed E-state index contributed by atoms with van der Waals surface area (Å²) in [6.45, 7) is 0. The molecule has 0 spiro atoms. The Morgan fingerprint density at radius 1 is 1.00 bits per heavy atom. The number of hydrogen-bond donors (Lipinski definition) is 2. The molecular weight excluding hydrogens is 176 g/mol. The molecule has 0 heterocycles. The Hall–Kier alpha value is 1.17. The van der Waals surface area contributed by atoms with Gasteiger partial charge in [0, 0.05) is 0 Å². The Morgan fingerprint density at radius 2 is 1.00 bits per heavy atom. The second-order valence-corrected chi connectivity index (χ2v) is 1.62. The summed E-state index contributed by atoms with van der Waals surface area (Å²) in [7, 11) is -5.39. The third kappa shape index (κ3) is 841. The summed E-state index contributed by atoms with van der Waals surface area (Å²) in [4.78, 5) is 34.2. The molecule has 0 aromatic heterocycles. The van der Waals surface area contributed by atoms with Crippen molar-refractivity contribution in [2.45, 2.75) is 0 Å². The van der Waals surface area contributed by atoms with Gasteiger partial charge in [-0.05, 0) is 0 Å². The van der Waals surface area contributed by atoms with Gasteiger partial charge in [-0.25, -0.2) is 4.79 Å². The van der Waals surface area contributed by atoms with E-state index in [0.717, 1.165) is 0 Å². The molecular formula is CH2Li3O7P. The van der Waals surface area contributed by atoms with Crippen LogP contribution >= 0.6 is 7.82 Å². The van der Waals surface area contributed by atoms with E-state index in [9.17, 15) is 0 Å². The number of phosphoric acid groups is 1. The molecule has 0 radical (unpaired) electrons. The van der Waals surface area contributed by atoms with Gasteiger partial charge in [-0.2, -0.15) is 7.82 Å². The van der Waals surface area contributed by atoms with Gasteiger partial charge in [0.1, 0.15) is 0 Å². The minimum absolute atomic E-state index is 0. The quantitative estimate of drug-likeness (QED) is 0.276. The Kier molecular flexibility index (Phi) is 35.8. The summed E-state index contributed by atoms with van der Waals surface area (Å²) in [6, 6.07) is 0. The molecule has 0 saturated heterocycles. The first-order valence-corrected chi connectivity index (χ1v) is 2.84. The molecule has 12 heavy (non-hydrogen) atoms. The zero-order chi connectivity index (χ0) is 8.08. The van der Waals surface area contributed by atoms with Gasteiger partial charge in [0.15, 0.2) is 0 Å². The number of rotatable bonds is 0. The topological polar surface area (TPSA) is 144 Å². The van der Waals surface area contributed by atoms with Crippen molar-refractivity contribution >= 4 is 14.0 Å². The molecule has 11 heteroatoms. The molecule has 0 fully saturated rings. The fourth-order valence-corrected chi connectivity index (χ4v) is 0. The maximum absolute atomic E-state index is 8.56. The van der Waals surface area contributed by atoms with E-state index in [1.165, 1.54) is 0 Å². The predicted molar refractivity (Wildman–Crippen MR) is 18.3 cm³/mol. The summed E-state index contributed by atoms with van der Waals surface area (Å²) >= 11 is 0. The second-order valence-electron chi connectivity index (χ2n) is 0.730. The molecule has 0 bridgehead atoms. The van der Waals surface area contributed by atoms with Crippen LogP contribution < -0.4 is 71.3 Å². The predicted octanol–water partition coefficient (Wildman–Crippen LogP) is -11.6. The van der Waals surface area contributed by atoms with Gasteiger partial charge in [-0.15, -0.1) is 0 Å². The third-order valence-corrected chi connectivity index (χ3v) is 0. The second kappa shape index (κ2) is 14.7. The van der Waals surface area contributed by atoms with E-state index >= 15 is 0 Å². The van der Waals surface area contributed by atoms with Crippen LogP contribution in [-0.4, -0.2) is 16.4 Å². The Balaban J connectivity index is -0.0000000221. The fraction of sp³-hybridized carbons (Fsp3) is 0. The van der Waals surface area contributed by atoms with Crippen molar-refractivity contribution in [3.8, 4) is 0 Å². The van der Waals surface area contributed by atoms with E-state index in [0.29, 0.717) is 0 Å². The van der Waals surface area contributed by atoms with Gasteiger partial charge in [-0.1, -0.05) is 0 Å². The molecule has 0 aliphatic heterocycles. The fourth-order valence-electron chi connectivity index (χ4n) is 0. The van der Waals surface area contributed by atoms with Crippen LogP contribution in [0.2, 0.25) is 0 Å². The Labute approximate surface area is 104 Å².